The highest BCUT2D eigenvalue weighted by Crippen LogP contribution is 2.36. The predicted octanol–water partition coefficient (Wildman–Crippen LogP) is 3.71. The average molecular weight is 387 g/mol. The van der Waals surface area contributed by atoms with E-state index in [9.17, 15) is 12.8 Å². The molecule has 1 atom stereocenters. The maximum Gasteiger partial charge on any atom is 0.245 e. The van der Waals surface area contributed by atoms with E-state index in [2.05, 4.69) is 10.1 Å². The van der Waals surface area contributed by atoms with E-state index in [1.165, 1.54) is 16.4 Å². The maximum absolute atomic E-state index is 13.1. The number of aryl methyl sites for hydroxylation is 1. The fraction of sp³-hybridized carbons (Fsp3) is 0.263. The van der Waals surface area contributed by atoms with Crippen LogP contribution in [0.3, 0.4) is 0 Å². The summed E-state index contributed by atoms with van der Waals surface area (Å²) in [6.07, 6.45) is 1.28. The second-order valence-electron chi connectivity index (χ2n) is 6.55. The number of aromatic nitrogens is 2. The second-order valence-corrected chi connectivity index (χ2v) is 8.44. The van der Waals surface area contributed by atoms with Gasteiger partial charge < -0.3 is 4.52 Å². The molecule has 0 radical (unpaired) electrons. The van der Waals surface area contributed by atoms with Gasteiger partial charge in [0, 0.05) is 12.1 Å². The van der Waals surface area contributed by atoms with Gasteiger partial charge >= 0.3 is 0 Å². The minimum atomic E-state index is -3.78. The van der Waals surface area contributed by atoms with Crippen molar-refractivity contribution in [2.45, 2.75) is 30.7 Å². The van der Waals surface area contributed by atoms with Gasteiger partial charge in [0.05, 0.1) is 4.90 Å². The summed E-state index contributed by atoms with van der Waals surface area (Å²) in [5.41, 5.74) is 1.89. The number of nitrogens with zero attached hydrogens (tertiary/aromatic N) is 3. The first-order chi connectivity index (χ1) is 12.9. The van der Waals surface area contributed by atoms with E-state index < -0.39 is 21.9 Å². The fourth-order valence-electron chi connectivity index (χ4n) is 3.29. The van der Waals surface area contributed by atoms with Gasteiger partial charge in [-0.3, -0.25) is 0 Å². The van der Waals surface area contributed by atoms with Crippen LogP contribution in [0.4, 0.5) is 4.39 Å². The Bertz CT molecular complexity index is 1060. The lowest BCUT2D eigenvalue weighted by molar-refractivity contribution is 0.290. The van der Waals surface area contributed by atoms with Crippen molar-refractivity contribution in [3.8, 4) is 11.4 Å². The van der Waals surface area contributed by atoms with Crippen molar-refractivity contribution in [2.75, 3.05) is 6.54 Å². The molecule has 4 rings (SSSR count). The molecule has 1 saturated heterocycles. The Labute approximate surface area is 156 Å². The van der Waals surface area contributed by atoms with E-state index in [0.29, 0.717) is 25.2 Å². The number of hydrogen-bond acceptors (Lipinski definition) is 5. The Morgan fingerprint density at radius 2 is 1.96 bits per heavy atom. The lowest BCUT2D eigenvalue weighted by atomic mass is 10.1. The van der Waals surface area contributed by atoms with Crippen LogP contribution >= 0.6 is 0 Å². The number of sulfonamides is 1. The highest BCUT2D eigenvalue weighted by atomic mass is 32.2. The van der Waals surface area contributed by atoms with Gasteiger partial charge in [0.2, 0.25) is 21.7 Å². The standard InChI is InChI=1S/C19H18FN3O3S/c1-13-4-2-5-14(12-13)18-21-19(26-22-18)17-6-3-11-23(17)27(24,25)16-9-7-15(20)8-10-16/h2,4-5,7-10,12,17H,3,6,11H2,1H3/t17-/m0/s1. The van der Waals surface area contributed by atoms with Crippen molar-refractivity contribution >= 4 is 10.0 Å². The van der Waals surface area contributed by atoms with Gasteiger partial charge in [-0.25, -0.2) is 12.8 Å². The lowest BCUT2D eigenvalue weighted by Gasteiger charge is -2.21. The summed E-state index contributed by atoms with van der Waals surface area (Å²) in [6.45, 7) is 2.32. The quantitative estimate of drug-likeness (QED) is 0.682. The summed E-state index contributed by atoms with van der Waals surface area (Å²) in [5, 5.41) is 4.02. The number of hydrogen-bond donors (Lipinski definition) is 0. The van der Waals surface area contributed by atoms with Crippen molar-refractivity contribution in [3.63, 3.8) is 0 Å². The van der Waals surface area contributed by atoms with Crippen LogP contribution in [0.5, 0.6) is 0 Å². The summed E-state index contributed by atoms with van der Waals surface area (Å²) in [6, 6.07) is 12.0. The molecule has 0 N–H and O–H groups in total. The zero-order chi connectivity index (χ0) is 19.0. The molecular weight excluding hydrogens is 369 g/mol. The molecule has 2 aromatic carbocycles. The molecule has 2 heterocycles. The largest absolute Gasteiger partial charge is 0.337 e. The molecule has 27 heavy (non-hydrogen) atoms. The number of benzene rings is 2. The van der Waals surface area contributed by atoms with Crippen LogP contribution in [-0.4, -0.2) is 29.4 Å². The van der Waals surface area contributed by atoms with E-state index >= 15 is 0 Å². The third-order valence-electron chi connectivity index (χ3n) is 4.63. The van der Waals surface area contributed by atoms with Crippen molar-refractivity contribution in [2.24, 2.45) is 0 Å². The molecule has 1 aliphatic heterocycles. The summed E-state index contributed by atoms with van der Waals surface area (Å²) in [7, 11) is -3.78. The van der Waals surface area contributed by atoms with Crippen molar-refractivity contribution < 1.29 is 17.3 Å². The van der Waals surface area contributed by atoms with Crippen LogP contribution in [0.2, 0.25) is 0 Å². The number of rotatable bonds is 4. The van der Waals surface area contributed by atoms with E-state index in [1.807, 2.05) is 31.2 Å². The molecule has 0 saturated carbocycles. The van der Waals surface area contributed by atoms with E-state index in [4.69, 9.17) is 4.52 Å². The highest BCUT2D eigenvalue weighted by molar-refractivity contribution is 7.89. The zero-order valence-electron chi connectivity index (χ0n) is 14.7. The first-order valence-corrected chi connectivity index (χ1v) is 10.1. The molecule has 1 aliphatic rings. The Morgan fingerprint density at radius 3 is 2.70 bits per heavy atom. The molecular formula is C19H18FN3O3S. The summed E-state index contributed by atoms with van der Waals surface area (Å²) in [4.78, 5) is 4.48. The first-order valence-electron chi connectivity index (χ1n) is 8.63. The molecule has 1 aromatic heterocycles. The second kappa shape index (κ2) is 6.86. The normalized spacial score (nSPS) is 18.1. The summed E-state index contributed by atoms with van der Waals surface area (Å²) in [5.74, 6) is 0.223. The van der Waals surface area contributed by atoms with Gasteiger partial charge in [0.15, 0.2) is 0 Å². The van der Waals surface area contributed by atoms with E-state index in [1.54, 1.807) is 0 Å². The van der Waals surface area contributed by atoms with Gasteiger partial charge in [-0.2, -0.15) is 9.29 Å². The SMILES string of the molecule is Cc1cccc(-c2noc([C@@H]3CCCN3S(=O)(=O)c3ccc(F)cc3)n2)c1. The Balaban J connectivity index is 1.65. The Kier molecular flexibility index (Phi) is 4.53. The van der Waals surface area contributed by atoms with Crippen LogP contribution in [0, 0.1) is 12.7 Å². The average Bonchev–Trinajstić information content (AvgIpc) is 3.32. The molecule has 0 spiro atoms. The Hall–Kier alpha value is -2.58. The van der Waals surface area contributed by atoms with Crippen molar-refractivity contribution in [3.05, 3.63) is 65.8 Å². The molecule has 0 amide bonds. The molecule has 3 aromatic rings. The predicted molar refractivity (Wildman–Crippen MR) is 96.7 cm³/mol. The van der Waals surface area contributed by atoms with Crippen LogP contribution < -0.4 is 0 Å². The van der Waals surface area contributed by atoms with Gasteiger partial charge in [-0.05, 0) is 50.1 Å². The third kappa shape index (κ3) is 3.38. The van der Waals surface area contributed by atoms with Gasteiger partial charge in [-0.15, -0.1) is 0 Å². The van der Waals surface area contributed by atoms with Crippen LogP contribution in [0.25, 0.3) is 11.4 Å². The minimum Gasteiger partial charge on any atom is -0.337 e. The van der Waals surface area contributed by atoms with Gasteiger partial charge in [0.1, 0.15) is 11.9 Å². The molecule has 0 bridgehead atoms. The van der Waals surface area contributed by atoms with Gasteiger partial charge in [0.25, 0.3) is 0 Å². The van der Waals surface area contributed by atoms with E-state index in [-0.39, 0.29) is 10.8 Å². The van der Waals surface area contributed by atoms with Crippen LogP contribution in [-0.2, 0) is 10.0 Å². The summed E-state index contributed by atoms with van der Waals surface area (Å²) < 4.78 is 45.8. The molecule has 0 aliphatic carbocycles. The smallest absolute Gasteiger partial charge is 0.245 e. The van der Waals surface area contributed by atoms with Crippen molar-refractivity contribution in [1.29, 1.82) is 0 Å². The molecule has 0 unspecified atom stereocenters. The minimum absolute atomic E-state index is 0.0502. The maximum atomic E-state index is 13.1. The molecule has 1 fully saturated rings. The van der Waals surface area contributed by atoms with Crippen molar-refractivity contribution in [1.82, 2.24) is 14.4 Å². The molecule has 140 valence electrons. The molecule has 6 nitrogen and oxygen atoms in total. The van der Waals surface area contributed by atoms with Crippen LogP contribution in [0.1, 0.15) is 30.3 Å². The number of halogens is 1. The van der Waals surface area contributed by atoms with E-state index in [0.717, 1.165) is 23.3 Å². The molecule has 8 heteroatoms. The summed E-state index contributed by atoms with van der Waals surface area (Å²) >= 11 is 0. The lowest BCUT2D eigenvalue weighted by Crippen LogP contribution is -2.30. The van der Waals surface area contributed by atoms with Gasteiger partial charge in [-0.1, -0.05) is 28.9 Å². The monoisotopic (exact) mass is 387 g/mol. The third-order valence-corrected chi connectivity index (χ3v) is 6.55. The topological polar surface area (TPSA) is 76.3 Å². The zero-order valence-corrected chi connectivity index (χ0v) is 15.5. The first kappa shape index (κ1) is 17.8. The Morgan fingerprint density at radius 1 is 1.19 bits per heavy atom. The highest BCUT2D eigenvalue weighted by Gasteiger charge is 2.39. The van der Waals surface area contributed by atoms with Crippen LogP contribution in [0.15, 0.2) is 57.9 Å². The fourth-order valence-corrected chi connectivity index (χ4v) is 4.94.